The fourth-order valence-electron chi connectivity index (χ4n) is 10.1. The number of hydrogen-bond acceptors (Lipinski definition) is 21. The van der Waals surface area contributed by atoms with Gasteiger partial charge in [-0.1, -0.05) is 75.9 Å². The predicted molar refractivity (Wildman–Crippen MR) is 356 cm³/mol. The van der Waals surface area contributed by atoms with E-state index in [1.165, 1.54) is 65.2 Å². The maximum Gasteiger partial charge on any atom is 0.343 e. The molecule has 3 fully saturated rings. The number of ether oxygens (including phenoxy) is 2. The van der Waals surface area contributed by atoms with Crippen LogP contribution < -0.4 is 36.7 Å². The van der Waals surface area contributed by atoms with Crippen molar-refractivity contribution < 1.29 is 29.0 Å². The Labute approximate surface area is 529 Å². The summed E-state index contributed by atoms with van der Waals surface area (Å²) in [4.78, 5) is 105. The number of carbonyl (C=O) groups is 3. The Balaban J connectivity index is 0.000000222. The minimum Gasteiger partial charge on any atom is -0.477 e. The third-order valence-electron chi connectivity index (χ3n) is 15.1. The number of hydrogen-bond donors (Lipinski definition) is 3. The van der Waals surface area contributed by atoms with E-state index in [1.54, 1.807) is 81.2 Å². The van der Waals surface area contributed by atoms with Crippen molar-refractivity contribution in [2.45, 2.75) is 84.2 Å². The molecule has 0 spiro atoms. The van der Waals surface area contributed by atoms with Crippen molar-refractivity contribution in [3.05, 3.63) is 142 Å². The van der Waals surface area contributed by atoms with Crippen molar-refractivity contribution in [3.8, 4) is 15.4 Å². The number of thiazole rings is 3. The summed E-state index contributed by atoms with van der Waals surface area (Å²) in [7, 11) is 2.02. The van der Waals surface area contributed by atoms with Gasteiger partial charge in [0.2, 0.25) is 16.3 Å². The number of carbonyl (C=O) groups excluding carboxylic acids is 2. The number of likely N-dealkylation sites (N-methyl/N-ethyl adjacent to an activating group) is 1. The van der Waals surface area contributed by atoms with Gasteiger partial charge in [0, 0.05) is 92.1 Å². The number of halogens is 1. The quantitative estimate of drug-likeness (QED) is 0.0802. The van der Waals surface area contributed by atoms with Crippen molar-refractivity contribution in [1.29, 1.82) is 0 Å². The number of aromatic nitrogens is 9. The monoisotopic (exact) mass is 1280 g/mol. The molecule has 0 saturated carbocycles. The maximum absolute atomic E-state index is 12.9. The molecule has 22 nitrogen and oxygen atoms in total. The first-order valence-electron chi connectivity index (χ1n) is 27.4. The molecule has 0 unspecified atom stereocenters. The molecular formula is C62H80ClN13O9S3. The molecule has 88 heavy (non-hydrogen) atoms. The topological polar surface area (TPSA) is 264 Å². The van der Waals surface area contributed by atoms with Gasteiger partial charge in [-0.05, 0) is 93.4 Å². The summed E-state index contributed by atoms with van der Waals surface area (Å²) in [5.74, 6) is 2.19. The molecule has 3 aliphatic rings. The standard InChI is InChI=1S/C20H22N4O3S.C18H18N4O3S.C14H10ClN3O3S.C6H14N2.4CH4/c1-4-27-19(26)15-11-24(20-21-7-8-28-20)18-14(17(15)25)5-6-16(22-18)23-9-12(2)13(3)10-23;1-10-7-21(8-11(10)2)14-4-3-12-15(23)13(17(24)25)9-22(16(12)20-14)18-19-5-6-26-18;1-2-21-13(20)9-7-18(14-16-5-6-22-14)12-8(11(9)19)3-4-10(15)17-12;1-5-3-8-4-6(5)7-2;;;;/h5-8,11-13H,4,9-10H2,1-3H3;3-6,9-11H,7-8H2,1-2H3,(H,24,25);3-7H,2H2,1H3;5-8H,3-4H2,1-2H3;4*1H4/t12-,13-;10-,11-;;5-,6-;;;;/m00.0..../s1. The van der Waals surface area contributed by atoms with E-state index in [0.29, 0.717) is 67.4 Å². The van der Waals surface area contributed by atoms with Crippen LogP contribution in [0.15, 0.2) is 104 Å². The number of rotatable bonds is 11. The number of anilines is 2. The Hall–Kier alpha value is -7.81. The number of aromatic carboxylic acids is 1. The lowest BCUT2D eigenvalue weighted by atomic mass is 10.0. The summed E-state index contributed by atoms with van der Waals surface area (Å²) in [6.07, 6.45) is 9.15. The van der Waals surface area contributed by atoms with E-state index in [-0.39, 0.29) is 81.0 Å². The maximum atomic E-state index is 12.9. The third-order valence-corrected chi connectivity index (χ3v) is 17.6. The van der Waals surface area contributed by atoms with Crippen LogP contribution in [0.2, 0.25) is 5.15 Å². The van der Waals surface area contributed by atoms with Crippen LogP contribution in [-0.4, -0.2) is 132 Å². The lowest BCUT2D eigenvalue weighted by Crippen LogP contribution is -2.31. The zero-order valence-electron chi connectivity index (χ0n) is 47.5. The molecular weight excluding hydrogens is 1200 g/mol. The predicted octanol–water partition coefficient (Wildman–Crippen LogP) is 10.8. The molecule has 12 rings (SSSR count). The van der Waals surface area contributed by atoms with Crippen LogP contribution in [-0.2, 0) is 9.47 Å². The number of esters is 2. The summed E-state index contributed by atoms with van der Waals surface area (Å²) in [6, 6.07) is 10.8. The fourth-order valence-corrected chi connectivity index (χ4v) is 12.0. The van der Waals surface area contributed by atoms with E-state index in [4.69, 9.17) is 31.0 Å². The van der Waals surface area contributed by atoms with Crippen LogP contribution in [0.1, 0.15) is 109 Å². The van der Waals surface area contributed by atoms with E-state index in [9.17, 15) is 33.9 Å². The van der Waals surface area contributed by atoms with Crippen LogP contribution >= 0.6 is 45.6 Å². The molecule has 0 radical (unpaired) electrons. The molecule has 3 saturated heterocycles. The molecule has 0 aromatic carbocycles. The minimum absolute atomic E-state index is 0. The molecule has 0 aliphatic carbocycles. The van der Waals surface area contributed by atoms with Gasteiger partial charge in [0.25, 0.3) is 0 Å². The molecule has 9 aromatic rings. The molecule has 3 aliphatic heterocycles. The molecule has 26 heteroatoms. The van der Waals surface area contributed by atoms with E-state index in [1.807, 2.05) is 18.5 Å². The van der Waals surface area contributed by atoms with E-state index in [2.05, 4.69) is 75.0 Å². The average Bonchev–Trinajstić information content (AvgIpc) is 1.05. The summed E-state index contributed by atoms with van der Waals surface area (Å²) in [6.45, 7) is 21.0. The fraction of sp³-hybridized carbons (Fsp3) is 0.419. The molecule has 472 valence electrons. The van der Waals surface area contributed by atoms with Crippen molar-refractivity contribution in [3.63, 3.8) is 0 Å². The second-order valence-corrected chi connectivity index (χ2v) is 23.8. The van der Waals surface area contributed by atoms with Crippen molar-refractivity contribution in [1.82, 2.24) is 54.2 Å². The van der Waals surface area contributed by atoms with Crippen LogP contribution in [0.3, 0.4) is 0 Å². The summed E-state index contributed by atoms with van der Waals surface area (Å²) >= 11 is 10.0. The van der Waals surface area contributed by atoms with Crippen molar-refractivity contribution in [2.75, 3.05) is 69.3 Å². The molecule has 0 bridgehead atoms. The summed E-state index contributed by atoms with van der Waals surface area (Å²) < 4.78 is 14.9. The Morgan fingerprint density at radius 3 is 1.25 bits per heavy atom. The van der Waals surface area contributed by atoms with Crippen LogP contribution in [0.4, 0.5) is 11.6 Å². The average molecular weight is 1280 g/mol. The Morgan fingerprint density at radius 2 is 0.932 bits per heavy atom. The third kappa shape index (κ3) is 15.4. The van der Waals surface area contributed by atoms with Gasteiger partial charge in [-0.15, -0.1) is 34.0 Å². The van der Waals surface area contributed by atoms with Crippen molar-refractivity contribution in [2.24, 2.45) is 29.6 Å². The Morgan fingerprint density at radius 1 is 0.568 bits per heavy atom. The number of nitrogens with one attached hydrogen (secondary N) is 2. The van der Waals surface area contributed by atoms with Crippen LogP contribution in [0, 0.1) is 29.6 Å². The lowest BCUT2D eigenvalue weighted by Gasteiger charge is -2.18. The van der Waals surface area contributed by atoms with E-state index >= 15 is 0 Å². The first-order chi connectivity index (χ1) is 40.4. The van der Waals surface area contributed by atoms with Gasteiger partial charge in [-0.25, -0.2) is 44.3 Å². The molecule has 12 heterocycles. The summed E-state index contributed by atoms with van der Waals surface area (Å²) in [5, 5.41) is 24.3. The van der Waals surface area contributed by atoms with Crippen LogP contribution in [0.5, 0.6) is 0 Å². The van der Waals surface area contributed by atoms with Gasteiger partial charge in [-0.3, -0.25) is 28.1 Å². The van der Waals surface area contributed by atoms with Gasteiger partial charge < -0.3 is 35.0 Å². The minimum atomic E-state index is -1.26. The van der Waals surface area contributed by atoms with Gasteiger partial charge in [0.1, 0.15) is 33.5 Å². The highest BCUT2D eigenvalue weighted by molar-refractivity contribution is 7.12. The number of carboxylic acids is 1. The molecule has 0 amide bonds. The number of nitrogens with zero attached hydrogens (tertiary/aromatic N) is 11. The molecule has 9 aromatic heterocycles. The first-order valence-corrected chi connectivity index (χ1v) is 30.4. The lowest BCUT2D eigenvalue weighted by molar-refractivity contribution is 0.0514. The van der Waals surface area contributed by atoms with Crippen LogP contribution in [0.25, 0.3) is 48.5 Å². The smallest absolute Gasteiger partial charge is 0.343 e. The van der Waals surface area contributed by atoms with Crippen molar-refractivity contribution >= 4 is 108 Å². The second-order valence-electron chi connectivity index (χ2n) is 20.8. The Bertz CT molecular complexity index is 3990. The molecule has 6 atom stereocenters. The highest BCUT2D eigenvalue weighted by Crippen LogP contribution is 2.31. The SMILES string of the molecule is C.C.C.C.CCOC(=O)c1cn(-c2nccs2)c2nc(Cl)ccc2c1=O.CCOC(=O)c1cn(-c2nccs2)c2nc(N3C[C@H](C)[C@@H](C)C3)ccc2c1=O.CN[C@H]1CNC[C@@H]1C.C[C@H]1CN(c2ccc3c(=O)c(C(=O)O)cn(-c4nccs4)c3n2)C[C@@H]1C. The van der Waals surface area contributed by atoms with Gasteiger partial charge in [0.05, 0.1) is 29.4 Å². The highest BCUT2D eigenvalue weighted by Gasteiger charge is 2.30. The van der Waals surface area contributed by atoms with Gasteiger partial charge >= 0.3 is 17.9 Å². The summed E-state index contributed by atoms with van der Waals surface area (Å²) in [5.41, 5.74) is -0.420. The zero-order chi connectivity index (χ0) is 59.9. The number of carboxylic acid groups (broad SMARTS) is 1. The number of pyridine rings is 6. The zero-order valence-corrected chi connectivity index (χ0v) is 50.7. The largest absolute Gasteiger partial charge is 0.477 e. The Kier molecular flexibility index (Phi) is 25.3. The van der Waals surface area contributed by atoms with Gasteiger partial charge in [-0.2, -0.15) is 0 Å². The van der Waals surface area contributed by atoms with E-state index in [0.717, 1.165) is 50.3 Å². The molecule has 3 N–H and O–H groups in total. The highest BCUT2D eigenvalue weighted by atomic mass is 35.5. The number of fused-ring (bicyclic) bond motifs is 3. The first kappa shape index (κ1) is 70.9. The second kappa shape index (κ2) is 31.4. The van der Waals surface area contributed by atoms with E-state index < -0.39 is 28.8 Å². The van der Waals surface area contributed by atoms with Gasteiger partial charge in [0.15, 0.2) is 32.3 Å². The normalized spacial score (nSPS) is 18.2.